The Balaban J connectivity index is 2.26. The highest BCUT2D eigenvalue weighted by molar-refractivity contribution is 9.11. The second kappa shape index (κ2) is 6.36. The molecule has 0 aliphatic rings. The monoisotopic (exact) mass is 325 g/mol. The Labute approximate surface area is 120 Å². The second-order valence-electron chi connectivity index (χ2n) is 4.05. The van der Waals surface area contributed by atoms with Crippen LogP contribution in [0.3, 0.4) is 0 Å². The molecule has 0 fully saturated rings. The first-order valence-electron chi connectivity index (χ1n) is 5.93. The van der Waals surface area contributed by atoms with Gasteiger partial charge in [-0.2, -0.15) is 0 Å². The number of ether oxygens (including phenoxy) is 1. The summed E-state index contributed by atoms with van der Waals surface area (Å²) in [6.07, 6.45) is 0.994. The molecule has 0 radical (unpaired) electrons. The van der Waals surface area contributed by atoms with Gasteiger partial charge in [0, 0.05) is 5.56 Å². The molecule has 0 aliphatic heterocycles. The maximum Gasteiger partial charge on any atom is 0.124 e. The third kappa shape index (κ3) is 3.13. The summed E-state index contributed by atoms with van der Waals surface area (Å²) in [6, 6.07) is 9.90. The van der Waals surface area contributed by atoms with Gasteiger partial charge >= 0.3 is 0 Å². The number of nitrogens with two attached hydrogens (primary N) is 1. The summed E-state index contributed by atoms with van der Waals surface area (Å²) in [6.45, 7) is 2.82. The topological polar surface area (TPSA) is 35.2 Å². The van der Waals surface area contributed by atoms with E-state index in [4.69, 9.17) is 10.5 Å². The van der Waals surface area contributed by atoms with Crippen molar-refractivity contribution in [2.45, 2.75) is 19.4 Å². The van der Waals surface area contributed by atoms with Crippen LogP contribution < -0.4 is 10.5 Å². The number of halogens is 1. The molecule has 2 aromatic rings. The van der Waals surface area contributed by atoms with E-state index in [1.165, 1.54) is 0 Å². The molecule has 0 spiro atoms. The Morgan fingerprint density at radius 2 is 2.17 bits per heavy atom. The smallest absolute Gasteiger partial charge is 0.124 e. The summed E-state index contributed by atoms with van der Waals surface area (Å²) in [4.78, 5) is 0. The summed E-state index contributed by atoms with van der Waals surface area (Å²) in [5.41, 5.74) is 8.46. The highest BCUT2D eigenvalue weighted by Gasteiger charge is 2.15. The van der Waals surface area contributed by atoms with E-state index in [2.05, 4.69) is 34.3 Å². The molecule has 1 unspecified atom stereocenters. The lowest BCUT2D eigenvalue weighted by Crippen LogP contribution is -2.12. The van der Waals surface area contributed by atoms with Gasteiger partial charge in [0.15, 0.2) is 0 Å². The van der Waals surface area contributed by atoms with Gasteiger partial charge in [0.2, 0.25) is 0 Å². The third-order valence-corrected chi connectivity index (χ3v) is 4.19. The zero-order valence-electron chi connectivity index (χ0n) is 10.2. The lowest BCUT2D eigenvalue weighted by molar-refractivity contribution is 0.313. The van der Waals surface area contributed by atoms with E-state index in [1.807, 2.05) is 24.3 Å². The van der Waals surface area contributed by atoms with Gasteiger partial charge in [0.1, 0.15) is 5.75 Å². The molecule has 0 aliphatic carbocycles. The first-order chi connectivity index (χ1) is 8.72. The fourth-order valence-electron chi connectivity index (χ4n) is 1.75. The largest absolute Gasteiger partial charge is 0.493 e. The van der Waals surface area contributed by atoms with E-state index >= 15 is 0 Å². The zero-order chi connectivity index (χ0) is 13.0. The van der Waals surface area contributed by atoms with E-state index < -0.39 is 0 Å². The van der Waals surface area contributed by atoms with Crippen LogP contribution in [0, 0.1) is 0 Å². The lowest BCUT2D eigenvalue weighted by Gasteiger charge is -2.16. The minimum Gasteiger partial charge on any atom is -0.493 e. The van der Waals surface area contributed by atoms with Crippen LogP contribution in [0.25, 0.3) is 0 Å². The van der Waals surface area contributed by atoms with Crippen molar-refractivity contribution >= 4 is 27.3 Å². The molecule has 4 heteroatoms. The molecule has 1 aromatic carbocycles. The predicted octanol–water partition coefficient (Wildman–Crippen LogP) is 4.35. The Kier molecular flexibility index (Phi) is 4.80. The van der Waals surface area contributed by atoms with Crippen molar-refractivity contribution in [1.29, 1.82) is 0 Å². The number of hydrogen-bond acceptors (Lipinski definition) is 3. The first-order valence-corrected chi connectivity index (χ1v) is 7.61. The first kappa shape index (κ1) is 13.6. The Morgan fingerprint density at radius 1 is 1.39 bits per heavy atom. The van der Waals surface area contributed by atoms with E-state index in [0.29, 0.717) is 0 Å². The third-order valence-electron chi connectivity index (χ3n) is 2.66. The highest BCUT2D eigenvalue weighted by Crippen LogP contribution is 2.32. The lowest BCUT2D eigenvalue weighted by atomic mass is 10.0. The van der Waals surface area contributed by atoms with Crippen LogP contribution in [-0.2, 0) is 0 Å². The molecule has 96 valence electrons. The van der Waals surface area contributed by atoms with Crippen LogP contribution in [0.1, 0.15) is 30.5 Å². The second-order valence-corrected chi connectivity index (χ2v) is 6.34. The standard InChI is InChI=1S/C14H16BrNOS/c1-2-7-17-12-6-4-3-5-11(12)14(16)10-8-13(15)18-9-10/h3-6,8-9,14H,2,7,16H2,1H3. The molecule has 0 saturated heterocycles. The summed E-state index contributed by atoms with van der Waals surface area (Å²) < 4.78 is 6.84. The number of hydrogen-bond donors (Lipinski definition) is 1. The molecular weight excluding hydrogens is 310 g/mol. The summed E-state index contributed by atoms with van der Waals surface area (Å²) in [5, 5.41) is 2.07. The van der Waals surface area contributed by atoms with Crippen LogP contribution in [0.15, 0.2) is 39.5 Å². The van der Waals surface area contributed by atoms with Crippen molar-refractivity contribution in [3.05, 3.63) is 50.6 Å². The number of thiophene rings is 1. The van der Waals surface area contributed by atoms with Crippen LogP contribution in [0.2, 0.25) is 0 Å². The Bertz CT molecular complexity index is 512. The molecule has 0 bridgehead atoms. The highest BCUT2D eigenvalue weighted by atomic mass is 79.9. The molecule has 2 nitrogen and oxygen atoms in total. The maximum absolute atomic E-state index is 6.31. The van der Waals surface area contributed by atoms with Crippen molar-refractivity contribution in [3.8, 4) is 5.75 Å². The van der Waals surface area contributed by atoms with Gasteiger partial charge in [-0.25, -0.2) is 0 Å². The molecule has 18 heavy (non-hydrogen) atoms. The zero-order valence-corrected chi connectivity index (χ0v) is 12.6. The van der Waals surface area contributed by atoms with Gasteiger partial charge in [0.05, 0.1) is 16.4 Å². The predicted molar refractivity (Wildman–Crippen MR) is 80.3 cm³/mol. The van der Waals surface area contributed by atoms with Gasteiger partial charge < -0.3 is 10.5 Å². The van der Waals surface area contributed by atoms with Gasteiger partial charge in [0.25, 0.3) is 0 Å². The summed E-state index contributed by atoms with van der Waals surface area (Å²) in [5.74, 6) is 0.883. The molecule has 0 amide bonds. The van der Waals surface area contributed by atoms with Crippen molar-refractivity contribution in [2.75, 3.05) is 6.61 Å². The molecular formula is C14H16BrNOS. The van der Waals surface area contributed by atoms with Gasteiger partial charge in [-0.15, -0.1) is 11.3 Å². The Hall–Kier alpha value is -0.840. The van der Waals surface area contributed by atoms with Crippen molar-refractivity contribution in [3.63, 3.8) is 0 Å². The summed E-state index contributed by atoms with van der Waals surface area (Å²) >= 11 is 5.11. The van der Waals surface area contributed by atoms with Crippen molar-refractivity contribution < 1.29 is 4.74 Å². The van der Waals surface area contributed by atoms with Crippen LogP contribution in [0.4, 0.5) is 0 Å². The van der Waals surface area contributed by atoms with Crippen LogP contribution in [0.5, 0.6) is 5.75 Å². The molecule has 2 rings (SSSR count). The van der Waals surface area contributed by atoms with Gasteiger partial charge in [-0.1, -0.05) is 25.1 Å². The van der Waals surface area contributed by atoms with E-state index in [-0.39, 0.29) is 6.04 Å². The van der Waals surface area contributed by atoms with E-state index in [1.54, 1.807) is 11.3 Å². The minimum absolute atomic E-state index is 0.138. The molecule has 1 atom stereocenters. The average Bonchev–Trinajstić information content (AvgIpc) is 2.82. The van der Waals surface area contributed by atoms with Crippen LogP contribution in [-0.4, -0.2) is 6.61 Å². The maximum atomic E-state index is 6.31. The molecule has 0 saturated carbocycles. The van der Waals surface area contributed by atoms with Gasteiger partial charge in [-0.3, -0.25) is 0 Å². The number of para-hydroxylation sites is 1. The quantitative estimate of drug-likeness (QED) is 0.887. The SMILES string of the molecule is CCCOc1ccccc1C(N)c1csc(Br)c1. The molecule has 1 aromatic heterocycles. The molecule has 2 N–H and O–H groups in total. The van der Waals surface area contributed by atoms with E-state index in [9.17, 15) is 0 Å². The fourth-order valence-corrected chi connectivity index (χ4v) is 2.96. The number of benzene rings is 1. The van der Waals surface area contributed by atoms with Crippen molar-refractivity contribution in [2.24, 2.45) is 5.73 Å². The molecule has 1 heterocycles. The summed E-state index contributed by atoms with van der Waals surface area (Å²) in [7, 11) is 0. The normalized spacial score (nSPS) is 12.4. The Morgan fingerprint density at radius 3 is 2.83 bits per heavy atom. The minimum atomic E-state index is -0.138. The van der Waals surface area contributed by atoms with Crippen molar-refractivity contribution in [1.82, 2.24) is 0 Å². The van der Waals surface area contributed by atoms with E-state index in [0.717, 1.165) is 33.7 Å². The van der Waals surface area contributed by atoms with Gasteiger partial charge in [-0.05, 0) is 45.4 Å². The fraction of sp³-hybridized carbons (Fsp3) is 0.286. The average molecular weight is 326 g/mol. The number of rotatable bonds is 5. The van der Waals surface area contributed by atoms with Crippen LogP contribution >= 0.6 is 27.3 Å².